The predicted octanol–water partition coefficient (Wildman–Crippen LogP) is 5.22. The maximum atomic E-state index is 12.5. The maximum absolute atomic E-state index is 12.5. The molecule has 8 heteroatoms. The Kier molecular flexibility index (Phi) is 7.11. The number of anilines is 1. The number of carbonyl (C=O) groups is 2. The topological polar surface area (TPSA) is 71.0 Å². The highest BCUT2D eigenvalue weighted by Crippen LogP contribution is 2.26. The number of rotatable bonds is 6. The number of hydrazone groups is 1. The molecule has 4 rings (SSSR count). The normalized spacial score (nSPS) is 15.2. The van der Waals surface area contributed by atoms with Crippen LogP contribution in [-0.2, 0) is 14.3 Å². The Balaban J connectivity index is 1.56. The van der Waals surface area contributed by atoms with Crippen molar-refractivity contribution in [1.29, 1.82) is 0 Å². The SMILES string of the molecule is COC(=O)C1CN(CC(=O)Nc2ccc(Br)cc2)N=C1c1cccc(-c2ccc(Cl)cc2)c1. The predicted molar refractivity (Wildman–Crippen MR) is 133 cm³/mol. The minimum absolute atomic E-state index is 0.0178. The molecule has 0 bridgehead atoms. The number of nitrogens with one attached hydrogen (secondary N) is 1. The van der Waals surface area contributed by atoms with Crippen molar-refractivity contribution in [2.24, 2.45) is 11.0 Å². The summed E-state index contributed by atoms with van der Waals surface area (Å²) in [5, 5.41) is 9.72. The number of amides is 1. The summed E-state index contributed by atoms with van der Waals surface area (Å²) in [6.45, 7) is 0.283. The number of hydrogen-bond acceptors (Lipinski definition) is 5. The van der Waals surface area contributed by atoms with E-state index in [1.165, 1.54) is 7.11 Å². The number of esters is 1. The molecule has 3 aromatic carbocycles. The van der Waals surface area contributed by atoms with Gasteiger partial charge in [0, 0.05) is 15.2 Å². The van der Waals surface area contributed by atoms with E-state index in [2.05, 4.69) is 26.3 Å². The molecule has 0 fully saturated rings. The van der Waals surface area contributed by atoms with E-state index in [-0.39, 0.29) is 25.0 Å². The fraction of sp³-hybridized carbons (Fsp3) is 0.160. The molecule has 168 valence electrons. The molecule has 0 saturated heterocycles. The molecular formula is C25H21BrClN3O3. The van der Waals surface area contributed by atoms with Gasteiger partial charge in [0.15, 0.2) is 0 Å². The third kappa shape index (κ3) is 5.61. The molecule has 6 nitrogen and oxygen atoms in total. The standard InChI is InChI=1S/C25H21BrClN3O3/c1-33-25(32)22-14-30(15-23(31)28-21-11-7-19(26)8-12-21)29-24(22)18-4-2-3-17(13-18)16-5-9-20(27)10-6-16/h2-13,22H,14-15H2,1H3,(H,28,31). The van der Waals surface area contributed by atoms with Gasteiger partial charge in [0.05, 0.1) is 19.4 Å². The van der Waals surface area contributed by atoms with Crippen LogP contribution in [0.15, 0.2) is 82.4 Å². The Morgan fingerprint density at radius 1 is 1.06 bits per heavy atom. The first-order chi connectivity index (χ1) is 15.9. The van der Waals surface area contributed by atoms with Crippen molar-refractivity contribution in [1.82, 2.24) is 5.01 Å². The van der Waals surface area contributed by atoms with Crippen molar-refractivity contribution in [3.8, 4) is 11.1 Å². The van der Waals surface area contributed by atoms with Crippen LogP contribution in [0, 0.1) is 5.92 Å². The van der Waals surface area contributed by atoms with E-state index in [4.69, 9.17) is 16.3 Å². The van der Waals surface area contributed by atoms with Gasteiger partial charge >= 0.3 is 5.97 Å². The second-order valence-electron chi connectivity index (χ2n) is 7.55. The first-order valence-corrected chi connectivity index (χ1v) is 11.4. The van der Waals surface area contributed by atoms with Gasteiger partial charge in [-0.05, 0) is 59.2 Å². The van der Waals surface area contributed by atoms with Crippen LogP contribution in [0.4, 0.5) is 5.69 Å². The van der Waals surface area contributed by atoms with Gasteiger partial charge in [-0.2, -0.15) is 5.10 Å². The van der Waals surface area contributed by atoms with E-state index in [9.17, 15) is 9.59 Å². The van der Waals surface area contributed by atoms with Crippen molar-refractivity contribution in [2.45, 2.75) is 0 Å². The third-order valence-corrected chi connectivity index (χ3v) is 6.03. The number of benzene rings is 3. The second-order valence-corrected chi connectivity index (χ2v) is 8.90. The molecule has 0 radical (unpaired) electrons. The van der Waals surface area contributed by atoms with E-state index in [1.54, 1.807) is 17.1 Å². The first-order valence-electron chi connectivity index (χ1n) is 10.3. The second kappa shape index (κ2) is 10.2. The molecule has 1 atom stereocenters. The van der Waals surface area contributed by atoms with Crippen LogP contribution in [0.25, 0.3) is 11.1 Å². The van der Waals surface area contributed by atoms with Crippen LogP contribution >= 0.6 is 27.5 Å². The van der Waals surface area contributed by atoms with Crippen LogP contribution in [0.1, 0.15) is 5.56 Å². The van der Waals surface area contributed by atoms with Gasteiger partial charge in [-0.25, -0.2) is 0 Å². The number of methoxy groups -OCH3 is 1. The number of ether oxygens (including phenoxy) is 1. The summed E-state index contributed by atoms with van der Waals surface area (Å²) in [6, 6.07) is 22.6. The lowest BCUT2D eigenvalue weighted by Crippen LogP contribution is -2.32. The molecule has 0 saturated carbocycles. The quantitative estimate of drug-likeness (QED) is 0.447. The fourth-order valence-corrected chi connectivity index (χ4v) is 4.04. The van der Waals surface area contributed by atoms with Gasteiger partial charge in [-0.3, -0.25) is 14.6 Å². The van der Waals surface area contributed by atoms with E-state index in [0.717, 1.165) is 21.2 Å². The summed E-state index contributed by atoms with van der Waals surface area (Å²) >= 11 is 9.38. The summed E-state index contributed by atoms with van der Waals surface area (Å²) < 4.78 is 5.93. The van der Waals surface area contributed by atoms with E-state index in [1.807, 2.05) is 60.7 Å². The highest BCUT2D eigenvalue weighted by atomic mass is 79.9. The third-order valence-electron chi connectivity index (χ3n) is 5.25. The zero-order valence-corrected chi connectivity index (χ0v) is 20.1. The molecule has 3 aromatic rings. The average molecular weight is 527 g/mol. The summed E-state index contributed by atoms with van der Waals surface area (Å²) in [7, 11) is 1.35. The first kappa shape index (κ1) is 23.0. The van der Waals surface area contributed by atoms with E-state index >= 15 is 0 Å². The van der Waals surface area contributed by atoms with Gasteiger partial charge in [0.1, 0.15) is 12.5 Å². The molecule has 1 aliphatic heterocycles. The van der Waals surface area contributed by atoms with Gasteiger partial charge in [0.25, 0.3) is 0 Å². The van der Waals surface area contributed by atoms with Crippen LogP contribution in [0.3, 0.4) is 0 Å². The van der Waals surface area contributed by atoms with Crippen molar-refractivity contribution in [3.05, 3.63) is 87.9 Å². The average Bonchev–Trinajstić information content (AvgIpc) is 3.24. The summed E-state index contributed by atoms with van der Waals surface area (Å²) in [4.78, 5) is 25.0. The summed E-state index contributed by atoms with van der Waals surface area (Å²) in [5.41, 5.74) is 4.04. The lowest BCUT2D eigenvalue weighted by Gasteiger charge is -2.15. The Bertz CT molecular complexity index is 1200. The zero-order chi connectivity index (χ0) is 23.4. The molecule has 1 amide bonds. The van der Waals surface area contributed by atoms with Crippen molar-refractivity contribution in [2.75, 3.05) is 25.5 Å². The molecular weight excluding hydrogens is 506 g/mol. The molecule has 1 heterocycles. The highest BCUT2D eigenvalue weighted by molar-refractivity contribution is 9.10. The number of nitrogens with zero attached hydrogens (tertiary/aromatic N) is 2. The van der Waals surface area contributed by atoms with Gasteiger partial charge in [-0.1, -0.05) is 57.9 Å². The van der Waals surface area contributed by atoms with Crippen LogP contribution in [-0.4, -0.2) is 42.8 Å². The highest BCUT2D eigenvalue weighted by Gasteiger charge is 2.35. The molecule has 1 unspecified atom stereocenters. The maximum Gasteiger partial charge on any atom is 0.316 e. The fourth-order valence-electron chi connectivity index (χ4n) is 3.65. The molecule has 0 aromatic heterocycles. The lowest BCUT2D eigenvalue weighted by molar-refractivity contribution is -0.143. The lowest BCUT2D eigenvalue weighted by atomic mass is 9.94. The van der Waals surface area contributed by atoms with E-state index < -0.39 is 5.92 Å². The zero-order valence-electron chi connectivity index (χ0n) is 17.8. The number of hydrogen-bond donors (Lipinski definition) is 1. The molecule has 0 aliphatic carbocycles. The van der Waals surface area contributed by atoms with Crippen LogP contribution < -0.4 is 5.32 Å². The number of carbonyl (C=O) groups excluding carboxylic acids is 2. The van der Waals surface area contributed by atoms with Crippen molar-refractivity contribution < 1.29 is 14.3 Å². The Labute approximate surface area is 205 Å². The Hall–Kier alpha value is -3.16. The van der Waals surface area contributed by atoms with Gasteiger partial charge in [0.2, 0.25) is 5.91 Å². The molecule has 33 heavy (non-hydrogen) atoms. The monoisotopic (exact) mass is 525 g/mol. The minimum atomic E-state index is -0.587. The minimum Gasteiger partial charge on any atom is -0.468 e. The summed E-state index contributed by atoms with van der Waals surface area (Å²) in [6.07, 6.45) is 0. The molecule has 0 spiro atoms. The number of halogens is 2. The Morgan fingerprint density at radius 2 is 1.76 bits per heavy atom. The molecule has 1 aliphatic rings. The van der Waals surface area contributed by atoms with Crippen molar-refractivity contribution in [3.63, 3.8) is 0 Å². The Morgan fingerprint density at radius 3 is 2.45 bits per heavy atom. The largest absolute Gasteiger partial charge is 0.468 e. The van der Waals surface area contributed by atoms with Gasteiger partial charge < -0.3 is 10.1 Å². The summed E-state index contributed by atoms with van der Waals surface area (Å²) in [5.74, 6) is -1.20. The smallest absolute Gasteiger partial charge is 0.316 e. The molecule has 1 N–H and O–H groups in total. The van der Waals surface area contributed by atoms with Crippen molar-refractivity contribution >= 4 is 50.8 Å². The van der Waals surface area contributed by atoms with Gasteiger partial charge in [-0.15, -0.1) is 0 Å². The van der Waals surface area contributed by atoms with Crippen LogP contribution in [0.5, 0.6) is 0 Å². The van der Waals surface area contributed by atoms with E-state index in [0.29, 0.717) is 16.4 Å². The van der Waals surface area contributed by atoms with Crippen LogP contribution in [0.2, 0.25) is 5.02 Å².